The number of carbonyl (C=O) groups excluding carboxylic acids is 3. The van der Waals surface area contributed by atoms with Gasteiger partial charge in [0, 0.05) is 19.3 Å². The Bertz CT molecular complexity index is 1680. The number of aromatic nitrogens is 1. The van der Waals surface area contributed by atoms with Crippen LogP contribution in [0.4, 0.5) is 10.2 Å². The molecule has 4 N–H and O–H groups in total. The first kappa shape index (κ1) is 27.7. The zero-order valence-electron chi connectivity index (χ0n) is 23.0. The minimum absolute atomic E-state index is 0.129. The zero-order chi connectivity index (χ0) is 29.9. The number of halogens is 1. The number of amides is 3. The maximum Gasteiger partial charge on any atom is 0.258 e. The van der Waals surface area contributed by atoms with E-state index in [9.17, 15) is 14.4 Å². The molecular formula is C32H28FN5O5. The number of ether oxygens (including phenoxy) is 2. The molecule has 0 radical (unpaired) electrons. The number of nitrogens with zero attached hydrogens (tertiary/aromatic N) is 2. The first-order valence-electron chi connectivity index (χ1n) is 13.7. The van der Waals surface area contributed by atoms with Crippen molar-refractivity contribution in [2.24, 2.45) is 0 Å². The van der Waals surface area contributed by atoms with Crippen LogP contribution in [0.5, 0.6) is 11.5 Å². The molecule has 1 aromatic heterocycles. The number of nitrogens with one attached hydrogen (secondary N) is 2. The molecule has 1 saturated heterocycles. The summed E-state index contributed by atoms with van der Waals surface area (Å²) in [6, 6.07) is 20.8. The van der Waals surface area contributed by atoms with E-state index in [4.69, 9.17) is 15.2 Å². The molecule has 0 unspecified atom stereocenters. The molecule has 3 aromatic carbocycles. The number of hydrogen-bond donors (Lipinski definition) is 3. The van der Waals surface area contributed by atoms with Gasteiger partial charge in [0.05, 0.1) is 23.7 Å². The number of pyridine rings is 1. The SMILES string of the molecule is Nc1ccc(C(=O)N2C[C@@H]3NC(=O)c4cc(ccc4F)-c4cccc(c4)OCC(=O)NCc4ccc(cc4)O[C@H]3C2)cn1. The Morgan fingerprint density at radius 1 is 0.953 bits per heavy atom. The number of hydrogen-bond acceptors (Lipinski definition) is 7. The fourth-order valence-electron chi connectivity index (χ4n) is 5.06. The Balaban J connectivity index is 1.33. The third kappa shape index (κ3) is 6.25. The van der Waals surface area contributed by atoms with Crippen LogP contribution >= 0.6 is 0 Å². The van der Waals surface area contributed by atoms with Gasteiger partial charge in [-0.1, -0.05) is 30.3 Å². The molecule has 2 atom stereocenters. The topological polar surface area (TPSA) is 136 Å². The summed E-state index contributed by atoms with van der Waals surface area (Å²) in [6.45, 7) is 0.402. The molecule has 7 rings (SSSR count). The first-order chi connectivity index (χ1) is 20.8. The number of benzene rings is 3. The summed E-state index contributed by atoms with van der Waals surface area (Å²) in [7, 11) is 0. The molecule has 3 amide bonds. The quantitative estimate of drug-likeness (QED) is 0.314. The van der Waals surface area contributed by atoms with E-state index in [1.807, 2.05) is 12.1 Å². The summed E-state index contributed by atoms with van der Waals surface area (Å²) in [5.41, 5.74) is 7.96. The fourth-order valence-corrected chi connectivity index (χ4v) is 5.06. The number of carbonyl (C=O) groups is 3. The Morgan fingerprint density at radius 3 is 2.56 bits per heavy atom. The first-order valence-corrected chi connectivity index (χ1v) is 13.7. The highest BCUT2D eigenvalue weighted by Gasteiger charge is 2.38. The Labute approximate surface area is 246 Å². The largest absolute Gasteiger partial charge is 0.486 e. The van der Waals surface area contributed by atoms with Gasteiger partial charge in [-0.25, -0.2) is 9.37 Å². The van der Waals surface area contributed by atoms with Crippen LogP contribution in [0.1, 0.15) is 26.3 Å². The van der Waals surface area contributed by atoms with E-state index >= 15 is 4.39 Å². The van der Waals surface area contributed by atoms with Gasteiger partial charge in [0.1, 0.15) is 29.2 Å². The van der Waals surface area contributed by atoms with Crippen molar-refractivity contribution in [2.45, 2.75) is 18.7 Å². The smallest absolute Gasteiger partial charge is 0.258 e. The van der Waals surface area contributed by atoms with Crippen molar-refractivity contribution in [1.82, 2.24) is 20.5 Å². The van der Waals surface area contributed by atoms with Crippen LogP contribution < -0.4 is 25.8 Å². The maximum absolute atomic E-state index is 15.0. The van der Waals surface area contributed by atoms with Crippen LogP contribution in [0.15, 0.2) is 85.1 Å². The Kier molecular flexibility index (Phi) is 7.61. The van der Waals surface area contributed by atoms with E-state index in [0.717, 1.165) is 5.56 Å². The minimum Gasteiger partial charge on any atom is -0.486 e. The molecule has 43 heavy (non-hydrogen) atoms. The van der Waals surface area contributed by atoms with Gasteiger partial charge in [-0.15, -0.1) is 0 Å². The molecule has 10 nitrogen and oxygen atoms in total. The predicted molar refractivity (Wildman–Crippen MR) is 156 cm³/mol. The lowest BCUT2D eigenvalue weighted by Crippen LogP contribution is -2.45. The molecule has 218 valence electrons. The van der Waals surface area contributed by atoms with Gasteiger partial charge in [0.2, 0.25) is 0 Å². The van der Waals surface area contributed by atoms with Gasteiger partial charge < -0.3 is 30.7 Å². The molecule has 3 aliphatic heterocycles. The molecule has 11 heteroatoms. The number of anilines is 1. The molecule has 0 spiro atoms. The molecule has 1 fully saturated rings. The number of nitrogens with two attached hydrogens (primary N) is 1. The normalized spacial score (nSPS) is 18.5. The minimum atomic E-state index is -0.695. The van der Waals surface area contributed by atoms with Gasteiger partial charge in [-0.2, -0.15) is 0 Å². The van der Waals surface area contributed by atoms with Crippen molar-refractivity contribution in [2.75, 3.05) is 25.4 Å². The fraction of sp³-hybridized carbons (Fsp3) is 0.188. The van der Waals surface area contributed by atoms with E-state index in [-0.39, 0.29) is 42.9 Å². The number of likely N-dealkylation sites (tertiary alicyclic amines) is 1. The predicted octanol–water partition coefficient (Wildman–Crippen LogP) is 3.18. The average Bonchev–Trinajstić information content (AvgIpc) is 3.41. The highest BCUT2D eigenvalue weighted by molar-refractivity contribution is 5.97. The summed E-state index contributed by atoms with van der Waals surface area (Å²) in [4.78, 5) is 44.8. The van der Waals surface area contributed by atoms with E-state index in [1.165, 1.54) is 18.3 Å². The lowest BCUT2D eigenvalue weighted by atomic mass is 10.0. The van der Waals surface area contributed by atoms with Crippen LogP contribution in [0, 0.1) is 5.82 Å². The molecule has 6 bridgehead atoms. The summed E-state index contributed by atoms with van der Waals surface area (Å²) in [6.07, 6.45) is 0.764. The molecular weight excluding hydrogens is 553 g/mol. The highest BCUT2D eigenvalue weighted by Crippen LogP contribution is 2.27. The molecule has 4 heterocycles. The second kappa shape index (κ2) is 11.8. The standard InChI is InChI=1S/C32H28FN5O5/c33-26-10-6-21-13-25(26)31(40)37-27-16-38(32(41)22-7-11-29(34)35-15-22)17-28(27)43-23-8-4-19(5-9-23)14-36-30(39)18-42-24-3-1-2-20(21)12-24/h1-13,15,27-28H,14,16-18H2,(H2,34,35)(H,36,39)(H,37,40)/t27-,28-/m0/s1. The van der Waals surface area contributed by atoms with Crippen LogP contribution in [0.25, 0.3) is 11.1 Å². The summed E-state index contributed by atoms with van der Waals surface area (Å²) in [5.74, 6) is -0.687. The van der Waals surface area contributed by atoms with E-state index < -0.39 is 23.9 Å². The second-order valence-corrected chi connectivity index (χ2v) is 10.3. The van der Waals surface area contributed by atoms with Crippen LogP contribution in [0.3, 0.4) is 0 Å². The number of fused-ring (bicyclic) bond motifs is 7. The van der Waals surface area contributed by atoms with Gasteiger partial charge in [-0.3, -0.25) is 14.4 Å². The molecule has 4 aromatic rings. The number of rotatable bonds is 1. The lowest BCUT2D eigenvalue weighted by Gasteiger charge is -2.21. The summed E-state index contributed by atoms with van der Waals surface area (Å²) >= 11 is 0. The van der Waals surface area contributed by atoms with Crippen LogP contribution in [-0.2, 0) is 11.3 Å². The van der Waals surface area contributed by atoms with Gasteiger partial charge >= 0.3 is 0 Å². The van der Waals surface area contributed by atoms with Crippen molar-refractivity contribution in [1.29, 1.82) is 0 Å². The van der Waals surface area contributed by atoms with E-state index in [1.54, 1.807) is 59.5 Å². The third-order valence-corrected chi connectivity index (χ3v) is 7.35. The zero-order valence-corrected chi connectivity index (χ0v) is 23.0. The molecule has 0 aliphatic carbocycles. The molecule has 3 aliphatic rings. The molecule has 0 saturated carbocycles. The van der Waals surface area contributed by atoms with Gasteiger partial charge in [0.15, 0.2) is 6.61 Å². The third-order valence-electron chi connectivity index (χ3n) is 7.35. The van der Waals surface area contributed by atoms with Gasteiger partial charge in [0.25, 0.3) is 17.7 Å². The summed E-state index contributed by atoms with van der Waals surface area (Å²) in [5, 5.41) is 5.72. The van der Waals surface area contributed by atoms with Crippen molar-refractivity contribution in [3.63, 3.8) is 0 Å². The van der Waals surface area contributed by atoms with E-state index in [0.29, 0.717) is 34.7 Å². The summed E-state index contributed by atoms with van der Waals surface area (Å²) < 4.78 is 26.9. The number of nitrogen functional groups attached to an aromatic ring is 1. The van der Waals surface area contributed by atoms with Crippen molar-refractivity contribution < 1.29 is 28.2 Å². The van der Waals surface area contributed by atoms with Crippen molar-refractivity contribution >= 4 is 23.5 Å². The van der Waals surface area contributed by atoms with Crippen LogP contribution in [0.2, 0.25) is 0 Å². The Hall–Kier alpha value is -5.45. The average molecular weight is 582 g/mol. The lowest BCUT2D eigenvalue weighted by molar-refractivity contribution is -0.123. The Morgan fingerprint density at radius 2 is 1.77 bits per heavy atom. The van der Waals surface area contributed by atoms with Gasteiger partial charge in [-0.05, 0) is 65.2 Å². The maximum atomic E-state index is 15.0. The van der Waals surface area contributed by atoms with Crippen LogP contribution in [-0.4, -0.2) is 59.4 Å². The van der Waals surface area contributed by atoms with Crippen molar-refractivity contribution in [3.05, 3.63) is 108 Å². The highest BCUT2D eigenvalue weighted by atomic mass is 19.1. The monoisotopic (exact) mass is 581 g/mol. The van der Waals surface area contributed by atoms with E-state index in [2.05, 4.69) is 15.6 Å². The van der Waals surface area contributed by atoms with Crippen molar-refractivity contribution in [3.8, 4) is 22.6 Å². The second-order valence-electron chi connectivity index (χ2n) is 10.3.